The van der Waals surface area contributed by atoms with Gasteiger partial charge in [0, 0.05) is 6.42 Å². The zero-order chi connectivity index (χ0) is 36.1. The molecule has 7 heteroatoms. The highest BCUT2D eigenvalue weighted by Gasteiger charge is 2.24. The summed E-state index contributed by atoms with van der Waals surface area (Å²) >= 11 is 0. The van der Waals surface area contributed by atoms with E-state index < -0.39 is 28.0 Å². The highest BCUT2D eigenvalue weighted by atomic mass is 32.2. The average molecular weight is 706 g/mol. The topological polar surface area (TPSA) is 104 Å². The van der Waals surface area contributed by atoms with Crippen LogP contribution in [0, 0.1) is 0 Å². The first-order valence-electron chi connectivity index (χ1n) is 20.0. The third-order valence-electron chi connectivity index (χ3n) is 8.70. The molecule has 0 rings (SSSR count). The second kappa shape index (κ2) is 35.9. The lowest BCUT2D eigenvalue weighted by Crippen LogP contribution is -2.46. The minimum absolute atomic E-state index is 0.277. The first kappa shape index (κ1) is 47.0. The molecular weight excluding hydrogens is 631 g/mol. The molecule has 284 valence electrons. The van der Waals surface area contributed by atoms with E-state index in [4.69, 9.17) is 0 Å². The Kier molecular flexibility index (Phi) is 34.4. The van der Waals surface area contributed by atoms with E-state index in [0.717, 1.165) is 83.5 Å². The van der Waals surface area contributed by atoms with Crippen LogP contribution in [0.15, 0.2) is 60.8 Å². The number of carbonyl (C=O) groups excluding carboxylic acids is 1. The lowest BCUT2D eigenvalue weighted by atomic mass is 10.0. The Morgan fingerprint density at radius 1 is 0.571 bits per heavy atom. The number of hydrogen-bond acceptors (Lipinski definition) is 4. The summed E-state index contributed by atoms with van der Waals surface area (Å²) in [4.78, 5) is 12.5. The van der Waals surface area contributed by atoms with Gasteiger partial charge in [-0.15, -0.1) is 0 Å². The third-order valence-corrected chi connectivity index (χ3v) is 9.48. The molecule has 0 aliphatic rings. The van der Waals surface area contributed by atoms with Crippen molar-refractivity contribution in [2.75, 3.05) is 5.75 Å². The number of aliphatic hydroxyl groups is 1. The van der Waals surface area contributed by atoms with Crippen molar-refractivity contribution in [3.63, 3.8) is 0 Å². The van der Waals surface area contributed by atoms with Gasteiger partial charge < -0.3 is 10.4 Å². The molecule has 2 unspecified atom stereocenters. The molecule has 1 amide bonds. The van der Waals surface area contributed by atoms with Gasteiger partial charge in [0.05, 0.1) is 17.9 Å². The van der Waals surface area contributed by atoms with Gasteiger partial charge in [0.15, 0.2) is 0 Å². The van der Waals surface area contributed by atoms with Crippen LogP contribution >= 0.6 is 0 Å². The van der Waals surface area contributed by atoms with Crippen LogP contribution in [0.3, 0.4) is 0 Å². The van der Waals surface area contributed by atoms with Gasteiger partial charge in [0.2, 0.25) is 5.91 Å². The largest absolute Gasteiger partial charge is 0.387 e. The molecule has 0 saturated carbocycles. The SMILES string of the molecule is CC/C=C\C/C=C\C/C=C\C/C=C\CCCCCCCCC(=O)NC(CS(=O)(=O)O)C(O)/C=C/CCCCCCCCCCCCCCC. The Morgan fingerprint density at radius 2 is 0.980 bits per heavy atom. The average Bonchev–Trinajstić information content (AvgIpc) is 3.06. The molecule has 3 N–H and O–H groups in total. The molecule has 0 heterocycles. The van der Waals surface area contributed by atoms with Crippen molar-refractivity contribution in [3.05, 3.63) is 60.8 Å². The fraction of sp³-hybridized carbons (Fsp3) is 0.738. The van der Waals surface area contributed by atoms with Crippen LogP contribution in [-0.4, -0.2) is 41.9 Å². The van der Waals surface area contributed by atoms with Crippen molar-refractivity contribution in [2.24, 2.45) is 0 Å². The number of hydrogen-bond donors (Lipinski definition) is 3. The number of allylic oxidation sites excluding steroid dienone is 9. The Balaban J connectivity index is 3.98. The Bertz CT molecular complexity index is 999. The van der Waals surface area contributed by atoms with Crippen molar-refractivity contribution in [1.29, 1.82) is 0 Å². The number of nitrogens with one attached hydrogen (secondary N) is 1. The smallest absolute Gasteiger partial charge is 0.267 e. The molecule has 0 aliphatic carbocycles. The van der Waals surface area contributed by atoms with Gasteiger partial charge >= 0.3 is 0 Å². The lowest BCUT2D eigenvalue weighted by Gasteiger charge is -2.21. The monoisotopic (exact) mass is 706 g/mol. The third kappa shape index (κ3) is 37.1. The zero-order valence-electron chi connectivity index (χ0n) is 31.5. The van der Waals surface area contributed by atoms with Gasteiger partial charge in [-0.1, -0.05) is 177 Å². The molecule has 2 atom stereocenters. The summed E-state index contributed by atoms with van der Waals surface area (Å²) in [6.45, 7) is 4.40. The Labute approximate surface area is 302 Å². The van der Waals surface area contributed by atoms with E-state index in [2.05, 4.69) is 67.8 Å². The van der Waals surface area contributed by atoms with Crippen molar-refractivity contribution in [2.45, 2.75) is 193 Å². The predicted octanol–water partition coefficient (Wildman–Crippen LogP) is 11.7. The molecule has 6 nitrogen and oxygen atoms in total. The van der Waals surface area contributed by atoms with Gasteiger partial charge in [-0.25, -0.2) is 0 Å². The fourth-order valence-electron chi connectivity index (χ4n) is 5.73. The molecule has 0 aromatic heterocycles. The quantitative estimate of drug-likeness (QED) is 0.0346. The summed E-state index contributed by atoms with van der Waals surface area (Å²) in [5.41, 5.74) is 0. The van der Waals surface area contributed by atoms with Crippen LogP contribution in [0.4, 0.5) is 0 Å². The molecule has 0 bridgehead atoms. The molecule has 49 heavy (non-hydrogen) atoms. The van der Waals surface area contributed by atoms with E-state index in [1.54, 1.807) is 6.08 Å². The van der Waals surface area contributed by atoms with Crippen molar-refractivity contribution in [3.8, 4) is 0 Å². The van der Waals surface area contributed by atoms with E-state index in [0.29, 0.717) is 6.42 Å². The van der Waals surface area contributed by atoms with Crippen LogP contribution in [0.1, 0.15) is 181 Å². The number of aliphatic hydroxyl groups excluding tert-OH is 1. The van der Waals surface area contributed by atoms with E-state index in [-0.39, 0.29) is 12.3 Å². The van der Waals surface area contributed by atoms with Crippen molar-refractivity contribution >= 4 is 16.0 Å². The molecule has 0 aromatic rings. The maximum atomic E-state index is 12.5. The summed E-state index contributed by atoms with van der Waals surface area (Å²) in [7, 11) is -4.35. The van der Waals surface area contributed by atoms with Crippen molar-refractivity contribution in [1.82, 2.24) is 5.32 Å². The second-order valence-corrected chi connectivity index (χ2v) is 15.0. The van der Waals surface area contributed by atoms with Crippen molar-refractivity contribution < 1.29 is 22.9 Å². The molecule has 0 aliphatic heterocycles. The summed E-state index contributed by atoms with van der Waals surface area (Å²) < 4.78 is 32.5. The van der Waals surface area contributed by atoms with Gasteiger partial charge in [-0.3, -0.25) is 9.35 Å². The zero-order valence-corrected chi connectivity index (χ0v) is 32.4. The van der Waals surface area contributed by atoms with E-state index in [9.17, 15) is 22.9 Å². The van der Waals surface area contributed by atoms with Gasteiger partial charge in [-0.2, -0.15) is 8.42 Å². The summed E-state index contributed by atoms with van der Waals surface area (Å²) in [6, 6.07) is -1.07. The number of amides is 1. The Hall–Kier alpha value is -1.96. The van der Waals surface area contributed by atoms with Gasteiger partial charge in [-0.05, 0) is 57.8 Å². The summed E-state index contributed by atoms with van der Waals surface area (Å²) in [5.74, 6) is -1.00. The van der Waals surface area contributed by atoms with E-state index in [1.165, 1.54) is 70.6 Å². The van der Waals surface area contributed by atoms with Gasteiger partial charge in [0.1, 0.15) is 0 Å². The molecule has 0 fully saturated rings. The Morgan fingerprint density at radius 3 is 1.45 bits per heavy atom. The van der Waals surface area contributed by atoms with Crippen LogP contribution in [0.25, 0.3) is 0 Å². The molecule has 0 saturated heterocycles. The van der Waals surface area contributed by atoms with E-state index in [1.807, 2.05) is 6.08 Å². The molecule has 0 aromatic carbocycles. The van der Waals surface area contributed by atoms with Crippen LogP contribution in [0.2, 0.25) is 0 Å². The normalized spacial score (nSPS) is 14.0. The number of unbranched alkanes of at least 4 members (excludes halogenated alkanes) is 19. The van der Waals surface area contributed by atoms with Crippen LogP contribution < -0.4 is 5.32 Å². The maximum absolute atomic E-state index is 12.5. The van der Waals surface area contributed by atoms with Crippen LogP contribution in [-0.2, 0) is 14.9 Å². The molecule has 0 spiro atoms. The minimum atomic E-state index is -4.35. The van der Waals surface area contributed by atoms with Gasteiger partial charge in [0.25, 0.3) is 10.1 Å². The first-order chi connectivity index (χ1) is 23.8. The summed E-state index contributed by atoms with van der Waals surface area (Å²) in [5, 5.41) is 13.2. The maximum Gasteiger partial charge on any atom is 0.267 e. The second-order valence-electron chi connectivity index (χ2n) is 13.5. The predicted molar refractivity (Wildman–Crippen MR) is 211 cm³/mol. The summed E-state index contributed by atoms with van der Waals surface area (Å²) in [6.07, 6.45) is 49.1. The van der Waals surface area contributed by atoms with Crippen LogP contribution in [0.5, 0.6) is 0 Å². The lowest BCUT2D eigenvalue weighted by molar-refractivity contribution is -0.122. The molecular formula is C42H75NO5S. The highest BCUT2D eigenvalue weighted by molar-refractivity contribution is 7.85. The fourth-order valence-corrected chi connectivity index (χ4v) is 6.47. The first-order valence-corrected chi connectivity index (χ1v) is 21.6. The minimum Gasteiger partial charge on any atom is -0.387 e. The van der Waals surface area contributed by atoms with E-state index >= 15 is 0 Å². The molecule has 0 radical (unpaired) electrons. The standard InChI is InChI=1S/C42H75NO5S/c1-3-5-7-9-11-13-15-17-19-20-21-22-24-26-28-30-32-34-36-38-42(45)43-40(39-49(46,47)48)41(44)37-35-33-31-29-27-25-23-18-16-14-12-10-8-6-4-2/h5,7,11,13,17,19,21-22,35,37,40-41,44H,3-4,6,8-10,12,14-16,18,20,23-34,36,38-39H2,1-2H3,(H,43,45)(H,46,47,48)/b7-5-,13-11-,19-17-,22-21-,37-35+. The highest BCUT2D eigenvalue weighted by Crippen LogP contribution is 2.14. The number of carbonyl (C=O) groups is 1. The number of rotatable bonds is 35.